The zero-order chi connectivity index (χ0) is 26.5. The number of carbonyl (C=O) groups excluding carboxylic acids is 2. The molecule has 7 rings (SSSR count). The molecule has 4 heterocycles. The van der Waals surface area contributed by atoms with E-state index in [1.165, 1.54) is 25.7 Å². The number of imidazole rings is 1. The monoisotopic (exact) mass is 539 g/mol. The van der Waals surface area contributed by atoms with Gasteiger partial charge < -0.3 is 24.4 Å². The number of alkyl halides is 1. The van der Waals surface area contributed by atoms with Crippen molar-refractivity contribution in [2.24, 2.45) is 17.8 Å². The third kappa shape index (κ3) is 4.63. The van der Waals surface area contributed by atoms with Crippen LogP contribution in [0.15, 0.2) is 30.5 Å². The average Bonchev–Trinajstić information content (AvgIpc) is 3.67. The van der Waals surface area contributed by atoms with E-state index in [-0.39, 0.29) is 41.9 Å². The summed E-state index contributed by atoms with van der Waals surface area (Å²) in [5, 5.41) is 3.50. The van der Waals surface area contributed by atoms with Crippen LogP contribution in [0.25, 0.3) is 0 Å². The largest absolute Gasteiger partial charge is 0.369 e. The average molecular weight is 540 g/mol. The molecule has 9 heteroatoms. The SMILES string of the molecule is O=C1C(C(=O)N2CCCC2)=CN2C3CC4CCCCC4CC3OC3C(NCCCn4ccnc4)C(F)CC1C32. The van der Waals surface area contributed by atoms with Gasteiger partial charge in [-0.1, -0.05) is 25.7 Å². The molecule has 3 saturated carbocycles. The Labute approximate surface area is 230 Å². The summed E-state index contributed by atoms with van der Waals surface area (Å²) in [5.41, 5.74) is 0.280. The van der Waals surface area contributed by atoms with Crippen LogP contribution in [-0.2, 0) is 20.9 Å². The van der Waals surface area contributed by atoms with Gasteiger partial charge in [0.15, 0.2) is 5.78 Å². The van der Waals surface area contributed by atoms with E-state index in [1.807, 2.05) is 21.9 Å². The van der Waals surface area contributed by atoms with Crippen molar-refractivity contribution < 1.29 is 18.7 Å². The van der Waals surface area contributed by atoms with Crippen LogP contribution in [0.3, 0.4) is 0 Å². The van der Waals surface area contributed by atoms with Crippen LogP contribution in [0.5, 0.6) is 0 Å². The molecule has 212 valence electrons. The second-order valence-corrected chi connectivity index (χ2v) is 12.8. The molecule has 0 bridgehead atoms. The van der Waals surface area contributed by atoms with Gasteiger partial charge in [-0.3, -0.25) is 9.59 Å². The van der Waals surface area contributed by atoms with E-state index < -0.39 is 24.2 Å². The number of aromatic nitrogens is 2. The molecule has 39 heavy (non-hydrogen) atoms. The summed E-state index contributed by atoms with van der Waals surface area (Å²) in [6.45, 7) is 2.89. The van der Waals surface area contributed by atoms with Gasteiger partial charge in [-0.05, 0) is 56.9 Å². The Bertz CT molecular complexity index is 1090. The fourth-order valence-corrected chi connectivity index (χ4v) is 8.72. The molecule has 8 nitrogen and oxygen atoms in total. The quantitative estimate of drug-likeness (QED) is 0.442. The Hall–Kier alpha value is -2.26. The van der Waals surface area contributed by atoms with E-state index in [9.17, 15) is 9.59 Å². The summed E-state index contributed by atoms with van der Waals surface area (Å²) in [4.78, 5) is 35.6. The summed E-state index contributed by atoms with van der Waals surface area (Å²) >= 11 is 0. The van der Waals surface area contributed by atoms with Crippen molar-refractivity contribution in [1.29, 1.82) is 0 Å². The van der Waals surface area contributed by atoms with Gasteiger partial charge in [-0.25, -0.2) is 9.37 Å². The topological polar surface area (TPSA) is 79.7 Å². The minimum Gasteiger partial charge on any atom is -0.369 e. The van der Waals surface area contributed by atoms with E-state index in [2.05, 4.69) is 15.2 Å². The number of ether oxygens (including phenoxy) is 1. The molecule has 5 fully saturated rings. The predicted octanol–water partition coefficient (Wildman–Crippen LogP) is 3.09. The molecule has 9 unspecified atom stereocenters. The molecule has 6 aliphatic rings. The summed E-state index contributed by atoms with van der Waals surface area (Å²) < 4.78 is 24.9. The minimum absolute atomic E-state index is 0.0133. The molecule has 0 radical (unpaired) electrons. The number of hydrogen-bond acceptors (Lipinski definition) is 6. The first kappa shape index (κ1) is 25.7. The second kappa shape index (κ2) is 10.6. The molecule has 9 atom stereocenters. The van der Waals surface area contributed by atoms with Gasteiger partial charge in [-0.15, -0.1) is 0 Å². The van der Waals surface area contributed by atoms with Gasteiger partial charge >= 0.3 is 0 Å². The third-order valence-corrected chi connectivity index (χ3v) is 10.6. The van der Waals surface area contributed by atoms with Crippen molar-refractivity contribution in [1.82, 2.24) is 24.7 Å². The van der Waals surface area contributed by atoms with E-state index in [0.717, 1.165) is 38.6 Å². The Morgan fingerprint density at radius 2 is 1.90 bits per heavy atom. The van der Waals surface area contributed by atoms with Crippen LogP contribution >= 0.6 is 0 Å². The van der Waals surface area contributed by atoms with Crippen molar-refractivity contribution in [3.05, 3.63) is 30.5 Å². The fraction of sp³-hybridized carbons (Fsp3) is 0.767. The van der Waals surface area contributed by atoms with Crippen LogP contribution in [0.1, 0.15) is 64.2 Å². The molecule has 3 aliphatic heterocycles. The van der Waals surface area contributed by atoms with Gasteiger partial charge in [0.05, 0.1) is 42.2 Å². The minimum atomic E-state index is -1.20. The smallest absolute Gasteiger partial charge is 0.258 e. The van der Waals surface area contributed by atoms with Crippen LogP contribution < -0.4 is 5.32 Å². The lowest BCUT2D eigenvalue weighted by Gasteiger charge is -2.61. The first-order chi connectivity index (χ1) is 19.1. The molecular weight excluding hydrogens is 497 g/mol. The standard InChI is InChI=1S/C30H42FN5O3/c31-23-16-21-27-29(26(23)33-8-5-10-34-13-9-32-18-34)39-25-15-20-7-2-1-6-19(20)14-24(25)36(27)17-22(28(21)37)30(38)35-11-3-4-12-35/h9,13,17-21,23-27,29,33H,1-8,10-12,14-16H2. The zero-order valence-electron chi connectivity index (χ0n) is 22.8. The first-order valence-electron chi connectivity index (χ1n) is 15.4. The van der Waals surface area contributed by atoms with E-state index in [4.69, 9.17) is 4.74 Å². The Kier molecular flexibility index (Phi) is 6.99. The lowest BCUT2D eigenvalue weighted by atomic mass is 9.65. The van der Waals surface area contributed by atoms with Crippen LogP contribution in [-0.4, -0.2) is 87.2 Å². The summed E-state index contributed by atoms with van der Waals surface area (Å²) in [6, 6.07) is -0.522. The number of Topliss-reactive ketones (excluding diaryl/α,β-unsaturated/α-hetero) is 1. The maximum Gasteiger partial charge on any atom is 0.258 e. The van der Waals surface area contributed by atoms with Crippen molar-refractivity contribution in [2.45, 2.75) is 107 Å². The number of morpholine rings is 1. The van der Waals surface area contributed by atoms with Crippen molar-refractivity contribution in [3.63, 3.8) is 0 Å². The number of nitrogens with one attached hydrogen (secondary N) is 1. The van der Waals surface area contributed by atoms with E-state index in [1.54, 1.807) is 12.5 Å². The van der Waals surface area contributed by atoms with Crippen LogP contribution in [0.4, 0.5) is 4.39 Å². The van der Waals surface area contributed by atoms with Gasteiger partial charge in [-0.2, -0.15) is 0 Å². The third-order valence-electron chi connectivity index (χ3n) is 10.6. The number of fused-ring (bicyclic) bond motifs is 3. The number of nitrogens with zero attached hydrogens (tertiary/aromatic N) is 4. The summed E-state index contributed by atoms with van der Waals surface area (Å²) in [7, 11) is 0. The number of rotatable bonds is 6. The lowest BCUT2D eigenvalue weighted by molar-refractivity contribution is -0.208. The lowest BCUT2D eigenvalue weighted by Crippen LogP contribution is -2.73. The highest BCUT2D eigenvalue weighted by atomic mass is 19.1. The molecule has 0 spiro atoms. The summed E-state index contributed by atoms with van der Waals surface area (Å²) in [5.74, 6) is 0.479. The Morgan fingerprint density at radius 1 is 1.10 bits per heavy atom. The number of ketones is 1. The molecular formula is C30H42FN5O3. The molecule has 1 N–H and O–H groups in total. The highest BCUT2D eigenvalue weighted by Crippen LogP contribution is 2.50. The first-order valence-corrected chi connectivity index (χ1v) is 15.4. The van der Waals surface area contributed by atoms with Crippen molar-refractivity contribution >= 4 is 11.7 Å². The van der Waals surface area contributed by atoms with Gasteiger partial charge in [0.2, 0.25) is 0 Å². The normalized spacial score (nSPS) is 39.6. The number of amides is 1. The zero-order valence-corrected chi connectivity index (χ0v) is 22.8. The van der Waals surface area contributed by atoms with E-state index >= 15 is 4.39 Å². The fourth-order valence-electron chi connectivity index (χ4n) is 8.72. The number of carbonyl (C=O) groups is 2. The molecule has 1 aromatic rings. The number of aryl methyl sites for hydroxylation is 1. The maximum absolute atomic E-state index is 16.0. The molecule has 0 aromatic carbocycles. The van der Waals surface area contributed by atoms with E-state index in [0.29, 0.717) is 31.5 Å². The molecule has 1 aromatic heterocycles. The van der Waals surface area contributed by atoms with Crippen molar-refractivity contribution in [3.8, 4) is 0 Å². The van der Waals surface area contributed by atoms with Gasteiger partial charge in [0.1, 0.15) is 6.17 Å². The predicted molar refractivity (Wildman–Crippen MR) is 143 cm³/mol. The van der Waals surface area contributed by atoms with Gasteiger partial charge in [0.25, 0.3) is 5.91 Å². The Balaban J connectivity index is 1.17. The highest BCUT2D eigenvalue weighted by molar-refractivity contribution is 6.20. The molecule has 1 amide bonds. The number of hydrogen-bond donors (Lipinski definition) is 1. The maximum atomic E-state index is 16.0. The van der Waals surface area contributed by atoms with Crippen LogP contribution in [0, 0.1) is 17.8 Å². The number of halogens is 1. The number of likely N-dealkylation sites (tertiary alicyclic amines) is 1. The van der Waals surface area contributed by atoms with Gasteiger partial charge in [0, 0.05) is 44.1 Å². The van der Waals surface area contributed by atoms with Crippen molar-refractivity contribution in [2.75, 3.05) is 19.6 Å². The molecule has 3 aliphatic carbocycles. The van der Waals surface area contributed by atoms with Crippen LogP contribution in [0.2, 0.25) is 0 Å². The highest BCUT2D eigenvalue weighted by Gasteiger charge is 2.59. The second-order valence-electron chi connectivity index (χ2n) is 12.8. The summed E-state index contributed by atoms with van der Waals surface area (Å²) in [6.07, 6.45) is 15.9. The Morgan fingerprint density at radius 3 is 2.67 bits per heavy atom. The molecule has 2 saturated heterocycles.